The minimum atomic E-state index is -1.18. The van der Waals surface area contributed by atoms with Crippen molar-refractivity contribution >= 4 is 17.7 Å². The van der Waals surface area contributed by atoms with E-state index in [1.54, 1.807) is 6.08 Å². The maximum Gasteiger partial charge on any atom is 0.0729 e. The molecule has 0 unspecified atom stereocenters. The number of hydrogen-bond donors (Lipinski definition) is 1. The van der Waals surface area contributed by atoms with E-state index in [9.17, 15) is 9.90 Å². The first-order chi connectivity index (χ1) is 6.77. The molecule has 2 rings (SSSR count). The second-order valence-corrected chi connectivity index (χ2v) is 2.95. The van der Waals surface area contributed by atoms with E-state index in [2.05, 4.69) is 5.32 Å². The van der Waals surface area contributed by atoms with Crippen molar-refractivity contribution in [2.45, 2.75) is 0 Å². The monoisotopic (exact) mass is 186 g/mol. The Labute approximate surface area is 81.4 Å². The second-order valence-electron chi connectivity index (χ2n) is 2.95. The van der Waals surface area contributed by atoms with Crippen LogP contribution >= 0.6 is 0 Å². The first kappa shape index (κ1) is 8.56. The summed E-state index contributed by atoms with van der Waals surface area (Å²) in [5, 5.41) is 13.5. The number of aliphatic carboxylic acids is 1. The summed E-state index contributed by atoms with van der Waals surface area (Å²) in [4.78, 5) is 10.6. The van der Waals surface area contributed by atoms with E-state index in [1.165, 1.54) is 12.3 Å². The first-order valence-electron chi connectivity index (χ1n) is 4.22. The maximum absolute atomic E-state index is 10.6. The number of fused-ring (bicyclic) bond motifs is 1. The van der Waals surface area contributed by atoms with E-state index < -0.39 is 5.97 Å². The lowest BCUT2D eigenvalue weighted by Gasteiger charge is -2.03. The van der Waals surface area contributed by atoms with Crippen LogP contribution in [-0.2, 0) is 4.79 Å². The molecule has 0 saturated carbocycles. The van der Waals surface area contributed by atoms with Gasteiger partial charge in [-0.3, -0.25) is 0 Å². The minimum absolute atomic E-state index is 0.140. The number of rotatable bonds is 1. The van der Waals surface area contributed by atoms with Gasteiger partial charge in [0.25, 0.3) is 0 Å². The number of nitrogens with one attached hydrogen (secondary N) is 1. The van der Waals surface area contributed by atoms with Crippen molar-refractivity contribution < 1.29 is 9.90 Å². The topological polar surface area (TPSA) is 52.2 Å². The average Bonchev–Trinajstić information content (AvgIpc) is 2.39. The highest BCUT2D eigenvalue weighted by Crippen LogP contribution is 2.20. The maximum atomic E-state index is 10.6. The standard InChI is InChI=1S/C11H9NO2/c13-11(14)9-6-5-8-3-1-2-4-10(8)12-7-9/h1-7,12H,(H,13,14)/p-1. The SMILES string of the molecule is O=C([O-])C1=CNc2ccccc2C=C1. The van der Waals surface area contributed by atoms with Gasteiger partial charge in [-0.2, -0.15) is 0 Å². The molecule has 0 aromatic heterocycles. The molecule has 1 aromatic carbocycles. The van der Waals surface area contributed by atoms with Crippen molar-refractivity contribution in [2.24, 2.45) is 0 Å². The average molecular weight is 186 g/mol. The van der Waals surface area contributed by atoms with E-state index in [0.717, 1.165) is 11.3 Å². The first-order valence-corrected chi connectivity index (χ1v) is 4.22. The molecular formula is C11H8NO2-. The molecule has 0 radical (unpaired) electrons. The quantitative estimate of drug-likeness (QED) is 0.704. The van der Waals surface area contributed by atoms with Crippen LogP contribution in [0.4, 0.5) is 5.69 Å². The van der Waals surface area contributed by atoms with Crippen LogP contribution < -0.4 is 10.4 Å². The summed E-state index contributed by atoms with van der Waals surface area (Å²) in [6.45, 7) is 0. The lowest BCUT2D eigenvalue weighted by molar-refractivity contribution is -0.298. The molecule has 0 aliphatic carbocycles. The third kappa shape index (κ3) is 1.52. The van der Waals surface area contributed by atoms with Gasteiger partial charge in [-0.25, -0.2) is 0 Å². The molecule has 14 heavy (non-hydrogen) atoms. The number of carboxylic acid groups (broad SMARTS) is 1. The summed E-state index contributed by atoms with van der Waals surface area (Å²) in [6, 6.07) is 7.58. The predicted molar refractivity (Wildman–Crippen MR) is 52.2 cm³/mol. The number of benzene rings is 1. The number of anilines is 1. The Morgan fingerprint density at radius 1 is 1.21 bits per heavy atom. The van der Waals surface area contributed by atoms with Crippen molar-refractivity contribution in [3.63, 3.8) is 0 Å². The van der Waals surface area contributed by atoms with Crippen LogP contribution in [0, 0.1) is 0 Å². The van der Waals surface area contributed by atoms with Gasteiger partial charge in [0.05, 0.1) is 5.97 Å². The molecule has 1 N–H and O–H groups in total. The third-order valence-electron chi connectivity index (χ3n) is 2.02. The predicted octanol–water partition coefficient (Wildman–Crippen LogP) is 0.759. The van der Waals surface area contributed by atoms with Gasteiger partial charge in [0, 0.05) is 17.5 Å². The van der Waals surface area contributed by atoms with Gasteiger partial charge < -0.3 is 15.2 Å². The summed E-state index contributed by atoms with van der Waals surface area (Å²) in [6.07, 6.45) is 4.70. The molecule has 0 atom stereocenters. The summed E-state index contributed by atoms with van der Waals surface area (Å²) in [5.41, 5.74) is 1.99. The third-order valence-corrected chi connectivity index (χ3v) is 2.02. The van der Waals surface area contributed by atoms with E-state index in [4.69, 9.17) is 0 Å². The van der Waals surface area contributed by atoms with E-state index in [1.807, 2.05) is 24.3 Å². The Morgan fingerprint density at radius 3 is 2.79 bits per heavy atom. The highest BCUT2D eigenvalue weighted by molar-refractivity contribution is 5.91. The number of hydrogen-bond acceptors (Lipinski definition) is 3. The molecule has 0 bridgehead atoms. The van der Waals surface area contributed by atoms with Gasteiger partial charge in [-0.05, 0) is 11.6 Å². The summed E-state index contributed by atoms with van der Waals surface area (Å²) < 4.78 is 0. The van der Waals surface area contributed by atoms with Crippen molar-refractivity contribution in [3.05, 3.63) is 47.7 Å². The van der Waals surface area contributed by atoms with Crippen LogP contribution in [0.3, 0.4) is 0 Å². The Kier molecular flexibility index (Phi) is 2.07. The smallest absolute Gasteiger partial charge is 0.0729 e. The van der Waals surface area contributed by atoms with E-state index in [-0.39, 0.29) is 5.57 Å². The highest BCUT2D eigenvalue weighted by atomic mass is 16.4. The zero-order chi connectivity index (χ0) is 9.97. The van der Waals surface area contributed by atoms with Gasteiger partial charge in [-0.15, -0.1) is 0 Å². The van der Waals surface area contributed by atoms with Gasteiger partial charge in [-0.1, -0.05) is 30.4 Å². The molecule has 0 saturated heterocycles. The largest absolute Gasteiger partial charge is 0.545 e. The van der Waals surface area contributed by atoms with Gasteiger partial charge in [0.1, 0.15) is 0 Å². The molecule has 0 fully saturated rings. The van der Waals surface area contributed by atoms with Crippen LogP contribution in [0.2, 0.25) is 0 Å². The molecule has 3 nitrogen and oxygen atoms in total. The van der Waals surface area contributed by atoms with Crippen LogP contribution in [0.15, 0.2) is 42.1 Å². The fourth-order valence-electron chi connectivity index (χ4n) is 1.28. The Hall–Kier alpha value is -2.03. The Morgan fingerprint density at radius 2 is 2.00 bits per heavy atom. The minimum Gasteiger partial charge on any atom is -0.545 e. The zero-order valence-electron chi connectivity index (χ0n) is 7.36. The second kappa shape index (κ2) is 3.38. The van der Waals surface area contributed by atoms with Crippen molar-refractivity contribution in [2.75, 3.05) is 5.32 Å². The summed E-state index contributed by atoms with van der Waals surface area (Å²) >= 11 is 0. The number of carbonyl (C=O) groups is 1. The van der Waals surface area contributed by atoms with Gasteiger partial charge in [0.2, 0.25) is 0 Å². The normalized spacial score (nSPS) is 13.6. The lowest BCUT2D eigenvalue weighted by atomic mass is 10.1. The molecule has 1 aliphatic heterocycles. The Bertz CT molecular complexity index is 433. The van der Waals surface area contributed by atoms with Gasteiger partial charge in [0.15, 0.2) is 0 Å². The molecule has 1 aliphatic rings. The van der Waals surface area contributed by atoms with Gasteiger partial charge >= 0.3 is 0 Å². The number of carboxylic acids is 1. The fraction of sp³-hybridized carbons (Fsp3) is 0. The zero-order valence-corrected chi connectivity index (χ0v) is 7.36. The van der Waals surface area contributed by atoms with Crippen LogP contribution in [0.1, 0.15) is 5.56 Å². The summed E-state index contributed by atoms with van der Waals surface area (Å²) in [7, 11) is 0. The van der Waals surface area contributed by atoms with Crippen LogP contribution in [0.25, 0.3) is 6.08 Å². The number of para-hydroxylation sites is 1. The van der Waals surface area contributed by atoms with E-state index >= 15 is 0 Å². The van der Waals surface area contributed by atoms with E-state index in [0.29, 0.717) is 0 Å². The number of carbonyl (C=O) groups excluding carboxylic acids is 1. The van der Waals surface area contributed by atoms with Crippen molar-refractivity contribution in [3.8, 4) is 0 Å². The molecule has 0 amide bonds. The highest BCUT2D eigenvalue weighted by Gasteiger charge is 2.02. The van der Waals surface area contributed by atoms with Crippen LogP contribution in [-0.4, -0.2) is 5.97 Å². The lowest BCUT2D eigenvalue weighted by Crippen LogP contribution is -2.23. The van der Waals surface area contributed by atoms with Crippen molar-refractivity contribution in [1.82, 2.24) is 0 Å². The molecular weight excluding hydrogens is 178 g/mol. The fourth-order valence-corrected chi connectivity index (χ4v) is 1.28. The molecule has 70 valence electrons. The summed E-state index contributed by atoms with van der Waals surface area (Å²) in [5.74, 6) is -1.18. The van der Waals surface area contributed by atoms with Crippen molar-refractivity contribution in [1.29, 1.82) is 0 Å². The molecule has 1 heterocycles. The Balaban J connectivity index is 2.41. The molecule has 0 spiro atoms. The van der Waals surface area contributed by atoms with Crippen LogP contribution in [0.5, 0.6) is 0 Å². The molecule has 3 heteroatoms. The molecule has 1 aromatic rings.